The smallest absolute Gasteiger partial charge is 0.221 e. The van der Waals surface area contributed by atoms with Gasteiger partial charge in [0.25, 0.3) is 0 Å². The average molecular weight is 269 g/mol. The molecule has 1 amide bonds. The monoisotopic (exact) mass is 268 g/mol. The fraction of sp³-hybridized carbons (Fsp3) is 0.100. The van der Waals surface area contributed by atoms with Crippen LogP contribution in [0, 0.1) is 0 Å². The van der Waals surface area contributed by atoms with Crippen molar-refractivity contribution in [3.05, 3.63) is 22.7 Å². The lowest BCUT2D eigenvalue weighted by atomic mass is 10.2. The van der Waals surface area contributed by atoms with Crippen molar-refractivity contribution in [1.82, 2.24) is 4.98 Å². The lowest BCUT2D eigenvalue weighted by Crippen LogP contribution is -2.05. The van der Waals surface area contributed by atoms with Crippen molar-refractivity contribution < 1.29 is 9.90 Å². The van der Waals surface area contributed by atoms with E-state index in [0.717, 1.165) is 15.4 Å². The van der Waals surface area contributed by atoms with Gasteiger partial charge in [0.05, 0.1) is 5.52 Å². The first-order valence-electron chi connectivity index (χ1n) is 4.35. The highest BCUT2D eigenvalue weighted by Gasteiger charge is 2.11. The summed E-state index contributed by atoms with van der Waals surface area (Å²) in [5.41, 5.74) is 1.19. The molecule has 2 aromatic rings. The van der Waals surface area contributed by atoms with Crippen LogP contribution in [0.25, 0.3) is 10.9 Å². The van der Waals surface area contributed by atoms with Gasteiger partial charge in [0.1, 0.15) is 5.69 Å². The van der Waals surface area contributed by atoms with Crippen LogP contribution in [-0.4, -0.2) is 16.0 Å². The second-order valence-corrected chi connectivity index (χ2v) is 4.14. The normalized spacial score (nSPS) is 10.5. The molecule has 2 rings (SSSR count). The van der Waals surface area contributed by atoms with Gasteiger partial charge < -0.3 is 15.4 Å². The number of nitrogens with one attached hydrogen (secondary N) is 2. The summed E-state index contributed by atoms with van der Waals surface area (Å²) in [5.74, 6) is -0.246. The van der Waals surface area contributed by atoms with Crippen molar-refractivity contribution in [3.63, 3.8) is 0 Å². The molecule has 0 bridgehead atoms. The van der Waals surface area contributed by atoms with Crippen LogP contribution < -0.4 is 5.32 Å². The maximum absolute atomic E-state index is 10.9. The lowest BCUT2D eigenvalue weighted by Gasteiger charge is -2.00. The molecule has 0 saturated carbocycles. The van der Waals surface area contributed by atoms with Crippen LogP contribution in [0.4, 0.5) is 5.69 Å². The van der Waals surface area contributed by atoms with E-state index in [0.29, 0.717) is 5.69 Å². The Labute approximate surface area is 94.4 Å². The summed E-state index contributed by atoms with van der Waals surface area (Å²) >= 11 is 3.33. The Bertz CT molecular complexity index is 533. The van der Waals surface area contributed by atoms with Crippen LogP contribution in [-0.2, 0) is 4.79 Å². The predicted octanol–water partition coefficient (Wildman–Crippen LogP) is 2.59. The number of benzene rings is 1. The minimum Gasteiger partial charge on any atom is -0.493 e. The highest BCUT2D eigenvalue weighted by atomic mass is 79.9. The number of carbonyl (C=O) groups excluding carboxylic acids is 1. The number of H-pyrrole nitrogens is 1. The van der Waals surface area contributed by atoms with Crippen molar-refractivity contribution in [2.24, 2.45) is 0 Å². The largest absolute Gasteiger partial charge is 0.493 e. The van der Waals surface area contributed by atoms with Crippen LogP contribution in [0.3, 0.4) is 0 Å². The van der Waals surface area contributed by atoms with Gasteiger partial charge >= 0.3 is 0 Å². The Hall–Kier alpha value is -1.49. The number of hydrogen-bond donors (Lipinski definition) is 3. The second-order valence-electron chi connectivity index (χ2n) is 3.22. The van der Waals surface area contributed by atoms with Gasteiger partial charge in [-0.1, -0.05) is 15.9 Å². The second kappa shape index (κ2) is 3.58. The van der Waals surface area contributed by atoms with Gasteiger partial charge in [-0.25, -0.2) is 0 Å². The Morgan fingerprint density at radius 1 is 1.53 bits per heavy atom. The van der Waals surface area contributed by atoms with Gasteiger partial charge in [-0.15, -0.1) is 0 Å². The topological polar surface area (TPSA) is 65.1 Å². The summed E-state index contributed by atoms with van der Waals surface area (Å²) in [6.07, 6.45) is 0. The molecule has 78 valence electrons. The van der Waals surface area contributed by atoms with E-state index in [2.05, 4.69) is 26.2 Å². The van der Waals surface area contributed by atoms with Crippen LogP contribution in [0.2, 0.25) is 0 Å². The third kappa shape index (κ3) is 1.83. The van der Waals surface area contributed by atoms with Gasteiger partial charge in [-0.05, 0) is 18.2 Å². The highest BCUT2D eigenvalue weighted by molar-refractivity contribution is 9.10. The number of hydrogen-bond acceptors (Lipinski definition) is 2. The Balaban J connectivity index is 2.65. The fourth-order valence-corrected chi connectivity index (χ4v) is 1.81. The molecule has 0 fully saturated rings. The molecule has 0 saturated heterocycles. The standard InChI is InChI=1S/C10H9BrN2O2/c1-5(14)12-9-7-4-6(11)2-3-8(7)13-10(9)15/h2-4,13,15H,1H3,(H,12,14). The summed E-state index contributed by atoms with van der Waals surface area (Å²) < 4.78 is 0.889. The number of amides is 1. The SMILES string of the molecule is CC(=O)Nc1c(O)[nH]c2ccc(Br)cc12. The maximum atomic E-state index is 10.9. The number of rotatable bonds is 1. The molecular weight excluding hydrogens is 260 g/mol. The first-order valence-corrected chi connectivity index (χ1v) is 5.15. The van der Waals surface area contributed by atoms with E-state index in [4.69, 9.17) is 0 Å². The highest BCUT2D eigenvalue weighted by Crippen LogP contribution is 2.34. The molecule has 0 aliphatic heterocycles. The molecule has 0 atom stereocenters. The van der Waals surface area contributed by atoms with Gasteiger partial charge in [0.15, 0.2) is 0 Å². The number of anilines is 1. The number of carbonyl (C=O) groups is 1. The first-order chi connectivity index (χ1) is 7.08. The van der Waals surface area contributed by atoms with E-state index < -0.39 is 0 Å². The average Bonchev–Trinajstić information content (AvgIpc) is 2.43. The summed E-state index contributed by atoms with van der Waals surface area (Å²) in [7, 11) is 0. The summed E-state index contributed by atoms with van der Waals surface area (Å²) in [4.78, 5) is 13.7. The molecule has 0 aliphatic rings. The van der Waals surface area contributed by atoms with Crippen LogP contribution in [0.15, 0.2) is 22.7 Å². The number of fused-ring (bicyclic) bond motifs is 1. The van der Waals surface area contributed by atoms with Gasteiger partial charge in [0, 0.05) is 16.8 Å². The van der Waals surface area contributed by atoms with Crippen molar-refractivity contribution in [3.8, 4) is 5.88 Å². The van der Waals surface area contributed by atoms with E-state index in [9.17, 15) is 9.90 Å². The Kier molecular flexibility index (Phi) is 2.40. The maximum Gasteiger partial charge on any atom is 0.221 e. The fourth-order valence-electron chi connectivity index (χ4n) is 1.45. The number of halogens is 1. The zero-order valence-electron chi connectivity index (χ0n) is 7.97. The van der Waals surface area contributed by atoms with E-state index in [-0.39, 0.29) is 11.8 Å². The van der Waals surface area contributed by atoms with Crippen LogP contribution in [0.5, 0.6) is 5.88 Å². The van der Waals surface area contributed by atoms with Crippen molar-refractivity contribution in [2.45, 2.75) is 6.92 Å². The number of aromatic amines is 1. The van der Waals surface area contributed by atoms with Gasteiger partial charge in [-0.2, -0.15) is 0 Å². The molecule has 0 unspecified atom stereocenters. The van der Waals surface area contributed by atoms with E-state index in [1.54, 1.807) is 0 Å². The van der Waals surface area contributed by atoms with E-state index in [1.165, 1.54) is 6.92 Å². The molecular formula is C10H9BrN2O2. The van der Waals surface area contributed by atoms with Crippen molar-refractivity contribution in [1.29, 1.82) is 0 Å². The van der Waals surface area contributed by atoms with E-state index >= 15 is 0 Å². The molecule has 1 aromatic carbocycles. The summed E-state index contributed by atoms with van der Waals surface area (Å²) in [6, 6.07) is 5.51. The summed E-state index contributed by atoms with van der Waals surface area (Å²) in [6.45, 7) is 1.40. The molecule has 3 N–H and O–H groups in total. The minimum atomic E-state index is -0.217. The van der Waals surface area contributed by atoms with Gasteiger partial charge in [-0.3, -0.25) is 4.79 Å². The number of aromatic hydroxyl groups is 1. The molecule has 4 nitrogen and oxygen atoms in total. The van der Waals surface area contributed by atoms with Crippen LogP contribution >= 0.6 is 15.9 Å². The van der Waals surface area contributed by atoms with Gasteiger partial charge in [0.2, 0.25) is 11.8 Å². The third-order valence-corrected chi connectivity index (χ3v) is 2.54. The van der Waals surface area contributed by atoms with Crippen molar-refractivity contribution in [2.75, 3.05) is 5.32 Å². The number of aromatic nitrogens is 1. The zero-order chi connectivity index (χ0) is 11.0. The minimum absolute atomic E-state index is 0.0294. The molecule has 15 heavy (non-hydrogen) atoms. The van der Waals surface area contributed by atoms with Crippen LogP contribution in [0.1, 0.15) is 6.92 Å². The van der Waals surface area contributed by atoms with E-state index in [1.807, 2.05) is 18.2 Å². The predicted molar refractivity (Wildman–Crippen MR) is 62.0 cm³/mol. The Morgan fingerprint density at radius 2 is 2.27 bits per heavy atom. The molecule has 5 heteroatoms. The Morgan fingerprint density at radius 3 is 2.93 bits per heavy atom. The van der Waals surface area contributed by atoms with Crippen molar-refractivity contribution >= 4 is 38.4 Å². The summed E-state index contributed by atoms with van der Waals surface area (Å²) in [5, 5.41) is 12.9. The molecule has 1 aromatic heterocycles. The quantitative estimate of drug-likeness (QED) is 0.745. The molecule has 0 aliphatic carbocycles. The third-order valence-electron chi connectivity index (χ3n) is 2.04. The molecule has 1 heterocycles. The molecule has 0 radical (unpaired) electrons. The first kappa shape index (κ1) is 10.0. The molecule has 0 spiro atoms. The zero-order valence-corrected chi connectivity index (χ0v) is 9.55. The lowest BCUT2D eigenvalue weighted by molar-refractivity contribution is -0.114.